The fourth-order valence-corrected chi connectivity index (χ4v) is 4.30. The van der Waals surface area contributed by atoms with Crippen LogP contribution >= 0.6 is 0 Å². The highest BCUT2D eigenvalue weighted by atomic mass is 32.2. The second-order valence-electron chi connectivity index (χ2n) is 6.89. The summed E-state index contributed by atoms with van der Waals surface area (Å²) < 4.78 is 42.5. The number of sulfonamides is 1. The van der Waals surface area contributed by atoms with E-state index in [1.807, 2.05) is 30.3 Å². The van der Waals surface area contributed by atoms with Crippen LogP contribution in [-0.2, 0) is 26.2 Å². The topological polar surface area (TPSA) is 94.2 Å². The summed E-state index contributed by atoms with van der Waals surface area (Å²) in [7, 11) is -3.72. The van der Waals surface area contributed by atoms with Crippen molar-refractivity contribution in [2.24, 2.45) is 0 Å². The highest BCUT2D eigenvalue weighted by Crippen LogP contribution is 2.35. The zero-order valence-electron chi connectivity index (χ0n) is 17.0. The van der Waals surface area contributed by atoms with Gasteiger partial charge in [-0.3, -0.25) is 9.10 Å². The van der Waals surface area contributed by atoms with Crippen molar-refractivity contribution in [1.29, 1.82) is 0 Å². The van der Waals surface area contributed by atoms with Gasteiger partial charge in [-0.25, -0.2) is 8.42 Å². The van der Waals surface area contributed by atoms with E-state index in [-0.39, 0.29) is 6.54 Å². The van der Waals surface area contributed by atoms with E-state index in [0.29, 0.717) is 43.6 Å². The molecule has 8 nitrogen and oxygen atoms in total. The lowest BCUT2D eigenvalue weighted by molar-refractivity contribution is -0.122. The van der Waals surface area contributed by atoms with Gasteiger partial charge < -0.3 is 19.5 Å². The van der Waals surface area contributed by atoms with Crippen molar-refractivity contribution in [3.8, 4) is 11.5 Å². The molecular weight excluding hydrogens is 408 g/mol. The lowest BCUT2D eigenvalue weighted by atomic mass is 10.2. The molecule has 30 heavy (non-hydrogen) atoms. The number of ether oxygens (including phenoxy) is 3. The number of benzene rings is 2. The first-order valence-electron chi connectivity index (χ1n) is 9.64. The standard InChI is InChI=1S/C21H26N2O6S/c1-16(21(24)22-10-11-27-15-17-6-4-3-5-7-17)23(30(2,25)26)18-8-9-19-20(14-18)29-13-12-28-19/h3-9,14,16H,10-13,15H2,1-2H3,(H,22,24)/t16-/m1/s1. The molecule has 2 aromatic carbocycles. The minimum Gasteiger partial charge on any atom is -0.486 e. The van der Waals surface area contributed by atoms with Gasteiger partial charge in [0.2, 0.25) is 15.9 Å². The summed E-state index contributed by atoms with van der Waals surface area (Å²) in [6.45, 7) is 3.39. The first kappa shape index (κ1) is 21.9. The lowest BCUT2D eigenvalue weighted by Crippen LogP contribution is -2.48. The van der Waals surface area contributed by atoms with Gasteiger partial charge in [0.25, 0.3) is 0 Å². The van der Waals surface area contributed by atoms with Crippen molar-refractivity contribution in [3.05, 3.63) is 54.1 Å². The average molecular weight is 435 g/mol. The van der Waals surface area contributed by atoms with E-state index in [1.165, 1.54) is 6.92 Å². The van der Waals surface area contributed by atoms with Crippen LogP contribution in [0, 0.1) is 0 Å². The minimum absolute atomic E-state index is 0.273. The van der Waals surface area contributed by atoms with Gasteiger partial charge in [0.05, 0.1) is 25.2 Å². The fraction of sp³-hybridized carbons (Fsp3) is 0.381. The largest absolute Gasteiger partial charge is 0.486 e. The average Bonchev–Trinajstić information content (AvgIpc) is 2.73. The third-order valence-electron chi connectivity index (χ3n) is 4.53. The first-order chi connectivity index (χ1) is 14.4. The van der Waals surface area contributed by atoms with Crippen molar-refractivity contribution in [2.45, 2.75) is 19.6 Å². The Morgan fingerprint density at radius 1 is 1.13 bits per heavy atom. The second-order valence-corrected chi connectivity index (χ2v) is 8.75. The molecule has 0 spiro atoms. The summed E-state index contributed by atoms with van der Waals surface area (Å²) >= 11 is 0. The molecular formula is C21H26N2O6S. The van der Waals surface area contributed by atoms with Crippen LogP contribution in [-0.4, -0.2) is 53.0 Å². The summed E-state index contributed by atoms with van der Waals surface area (Å²) in [4.78, 5) is 12.6. The maximum absolute atomic E-state index is 12.6. The molecule has 3 rings (SSSR count). The van der Waals surface area contributed by atoms with Gasteiger partial charge in [-0.2, -0.15) is 0 Å². The molecule has 0 aliphatic carbocycles. The maximum Gasteiger partial charge on any atom is 0.243 e. The van der Waals surface area contributed by atoms with Gasteiger partial charge in [-0.15, -0.1) is 0 Å². The van der Waals surface area contributed by atoms with Crippen molar-refractivity contribution in [2.75, 3.05) is 36.9 Å². The zero-order valence-corrected chi connectivity index (χ0v) is 17.9. The summed E-state index contributed by atoms with van der Waals surface area (Å²) in [5.74, 6) is 0.582. The minimum atomic E-state index is -3.72. The Hall–Kier alpha value is -2.78. The molecule has 1 aliphatic heterocycles. The van der Waals surface area contributed by atoms with Crippen molar-refractivity contribution < 1.29 is 27.4 Å². The number of amides is 1. The van der Waals surface area contributed by atoms with Crippen LogP contribution in [0.15, 0.2) is 48.5 Å². The Morgan fingerprint density at radius 3 is 2.53 bits per heavy atom. The smallest absolute Gasteiger partial charge is 0.243 e. The van der Waals surface area contributed by atoms with Gasteiger partial charge in [0.15, 0.2) is 11.5 Å². The summed E-state index contributed by atoms with van der Waals surface area (Å²) in [6.07, 6.45) is 1.07. The lowest BCUT2D eigenvalue weighted by Gasteiger charge is -2.29. The molecule has 0 fully saturated rings. The van der Waals surface area contributed by atoms with Crippen LogP contribution in [0.2, 0.25) is 0 Å². The monoisotopic (exact) mass is 434 g/mol. The predicted molar refractivity (Wildman–Crippen MR) is 113 cm³/mol. The van der Waals surface area contributed by atoms with Crippen LogP contribution < -0.4 is 19.1 Å². The van der Waals surface area contributed by atoms with Gasteiger partial charge in [0, 0.05) is 12.6 Å². The van der Waals surface area contributed by atoms with Gasteiger partial charge in [0.1, 0.15) is 19.3 Å². The molecule has 9 heteroatoms. The number of carbonyl (C=O) groups excluding carboxylic acids is 1. The molecule has 1 aliphatic rings. The van der Waals surface area contributed by atoms with E-state index in [1.54, 1.807) is 18.2 Å². The summed E-state index contributed by atoms with van der Waals surface area (Å²) in [5.41, 5.74) is 1.38. The number of carbonyl (C=O) groups is 1. The SMILES string of the molecule is C[C@H](C(=O)NCCOCc1ccccc1)N(c1ccc2c(c1)OCCO2)S(C)(=O)=O. The molecule has 0 radical (unpaired) electrons. The van der Waals surface area contributed by atoms with E-state index in [9.17, 15) is 13.2 Å². The Labute approximate surface area is 176 Å². The van der Waals surface area contributed by atoms with Crippen LogP contribution in [0.4, 0.5) is 5.69 Å². The van der Waals surface area contributed by atoms with Crippen molar-refractivity contribution in [3.63, 3.8) is 0 Å². The van der Waals surface area contributed by atoms with Gasteiger partial charge >= 0.3 is 0 Å². The number of rotatable bonds is 9. The zero-order chi connectivity index (χ0) is 21.6. The van der Waals surface area contributed by atoms with Crippen molar-refractivity contribution in [1.82, 2.24) is 5.32 Å². The van der Waals surface area contributed by atoms with Crippen LogP contribution in [0.3, 0.4) is 0 Å². The van der Waals surface area contributed by atoms with Crippen LogP contribution in [0.5, 0.6) is 11.5 Å². The number of anilines is 1. The molecule has 0 bridgehead atoms. The second kappa shape index (κ2) is 9.82. The Bertz CT molecular complexity index is 965. The molecule has 0 aromatic heterocycles. The summed E-state index contributed by atoms with van der Waals surface area (Å²) in [6, 6.07) is 13.6. The molecule has 1 amide bonds. The van der Waals surface area contributed by atoms with E-state index in [2.05, 4.69) is 5.32 Å². The Balaban J connectivity index is 1.59. The molecule has 0 saturated carbocycles. The third-order valence-corrected chi connectivity index (χ3v) is 5.77. The van der Waals surface area contributed by atoms with Crippen LogP contribution in [0.1, 0.15) is 12.5 Å². The highest BCUT2D eigenvalue weighted by Gasteiger charge is 2.30. The summed E-state index contributed by atoms with van der Waals surface area (Å²) in [5, 5.41) is 2.73. The first-order valence-corrected chi connectivity index (χ1v) is 11.5. The molecule has 2 aromatic rings. The Morgan fingerprint density at radius 2 is 1.83 bits per heavy atom. The number of hydrogen-bond donors (Lipinski definition) is 1. The molecule has 1 N–H and O–H groups in total. The van der Waals surface area contributed by atoms with E-state index >= 15 is 0 Å². The van der Waals surface area contributed by atoms with E-state index < -0.39 is 22.0 Å². The van der Waals surface area contributed by atoms with Crippen LogP contribution in [0.25, 0.3) is 0 Å². The molecule has 0 saturated heterocycles. The van der Waals surface area contributed by atoms with Crippen molar-refractivity contribution >= 4 is 21.6 Å². The van der Waals surface area contributed by atoms with E-state index in [0.717, 1.165) is 16.1 Å². The third kappa shape index (κ3) is 5.64. The number of nitrogens with zero attached hydrogens (tertiary/aromatic N) is 1. The predicted octanol–water partition coefficient (Wildman–Crippen LogP) is 1.95. The Kier molecular flexibility index (Phi) is 7.17. The van der Waals surface area contributed by atoms with Gasteiger partial charge in [-0.1, -0.05) is 30.3 Å². The van der Waals surface area contributed by atoms with E-state index in [4.69, 9.17) is 14.2 Å². The van der Waals surface area contributed by atoms with Gasteiger partial charge in [-0.05, 0) is 24.6 Å². The number of nitrogens with one attached hydrogen (secondary N) is 1. The maximum atomic E-state index is 12.6. The fourth-order valence-electron chi connectivity index (χ4n) is 3.14. The number of fused-ring (bicyclic) bond motifs is 1. The molecule has 1 atom stereocenters. The quantitative estimate of drug-likeness (QED) is 0.607. The molecule has 162 valence electrons. The number of hydrogen-bond acceptors (Lipinski definition) is 6. The molecule has 1 heterocycles. The highest BCUT2D eigenvalue weighted by molar-refractivity contribution is 7.92. The normalized spacial score (nSPS) is 14.1. The molecule has 0 unspecified atom stereocenters.